The summed E-state index contributed by atoms with van der Waals surface area (Å²) < 4.78 is 0.679. The Hall–Kier alpha value is -1.49. The molecule has 114 valence electrons. The third-order valence-corrected chi connectivity index (χ3v) is 6.16. The molecule has 3 heterocycles. The number of thiophene rings is 1. The van der Waals surface area contributed by atoms with E-state index in [4.69, 9.17) is 5.73 Å². The van der Waals surface area contributed by atoms with Crippen LogP contribution < -0.4 is 11.1 Å². The number of amides is 1. The average molecular weight is 370 g/mol. The fourth-order valence-electron chi connectivity index (χ4n) is 1.55. The van der Waals surface area contributed by atoms with E-state index in [1.54, 1.807) is 11.3 Å². The van der Waals surface area contributed by atoms with E-state index in [1.165, 1.54) is 34.4 Å². The van der Waals surface area contributed by atoms with Crippen molar-refractivity contribution >= 4 is 61.9 Å². The minimum absolute atomic E-state index is 0.120. The molecule has 0 radical (unpaired) electrons. The first-order valence-corrected chi connectivity index (χ1v) is 9.63. The topological polar surface area (TPSA) is 93.8 Å². The summed E-state index contributed by atoms with van der Waals surface area (Å²) in [6.45, 7) is 1.81. The van der Waals surface area contributed by atoms with Gasteiger partial charge in [0.1, 0.15) is 0 Å². The maximum Gasteiger partial charge on any atom is 0.239 e. The molecule has 0 bridgehead atoms. The van der Waals surface area contributed by atoms with Crippen molar-refractivity contribution in [2.45, 2.75) is 16.5 Å². The SMILES string of the molecule is CC(Sc1nnc(N)s1)C(=O)Nc1nc(-c2cccs2)cs1. The molecule has 0 aliphatic rings. The standard InChI is InChI=1S/C12H11N5OS4/c1-6(21-12-17-16-10(13)22-12)9(18)15-11-14-7(5-20-11)8-3-2-4-19-8/h2-6H,1H3,(H2,13,16)(H,14,15,18). The van der Waals surface area contributed by atoms with Crippen molar-refractivity contribution in [1.82, 2.24) is 15.2 Å². The summed E-state index contributed by atoms with van der Waals surface area (Å²) >= 11 is 5.63. The van der Waals surface area contributed by atoms with Crippen molar-refractivity contribution in [1.29, 1.82) is 0 Å². The number of carbonyl (C=O) groups is 1. The van der Waals surface area contributed by atoms with E-state index >= 15 is 0 Å². The monoisotopic (exact) mass is 369 g/mol. The lowest BCUT2D eigenvalue weighted by molar-refractivity contribution is -0.115. The molecular formula is C12H11N5OS4. The third-order valence-electron chi connectivity index (χ3n) is 2.58. The molecule has 0 aromatic carbocycles. The van der Waals surface area contributed by atoms with Crippen molar-refractivity contribution in [2.24, 2.45) is 0 Å². The highest BCUT2D eigenvalue weighted by Crippen LogP contribution is 2.30. The zero-order chi connectivity index (χ0) is 15.5. The summed E-state index contributed by atoms with van der Waals surface area (Å²) in [4.78, 5) is 17.7. The van der Waals surface area contributed by atoms with Crippen molar-refractivity contribution in [3.63, 3.8) is 0 Å². The van der Waals surface area contributed by atoms with E-state index in [1.807, 2.05) is 29.8 Å². The van der Waals surface area contributed by atoms with E-state index in [0.717, 1.165) is 10.6 Å². The fraction of sp³-hybridized carbons (Fsp3) is 0.167. The molecule has 0 aliphatic carbocycles. The molecule has 1 unspecified atom stereocenters. The number of thioether (sulfide) groups is 1. The van der Waals surface area contributed by atoms with Gasteiger partial charge in [-0.1, -0.05) is 29.2 Å². The molecule has 3 rings (SSSR count). The Morgan fingerprint density at radius 1 is 1.41 bits per heavy atom. The lowest BCUT2D eigenvalue weighted by atomic mass is 10.4. The summed E-state index contributed by atoms with van der Waals surface area (Å²) in [7, 11) is 0. The molecule has 3 N–H and O–H groups in total. The summed E-state index contributed by atoms with van der Waals surface area (Å²) in [6, 6.07) is 3.98. The van der Waals surface area contributed by atoms with Gasteiger partial charge in [0, 0.05) is 5.38 Å². The first-order valence-electron chi connectivity index (χ1n) is 6.17. The van der Waals surface area contributed by atoms with Crippen LogP contribution in [-0.4, -0.2) is 26.3 Å². The molecule has 6 nitrogen and oxygen atoms in total. The van der Waals surface area contributed by atoms with E-state index in [9.17, 15) is 4.79 Å². The Balaban J connectivity index is 1.61. The first kappa shape index (κ1) is 15.4. The van der Waals surface area contributed by atoms with E-state index in [0.29, 0.717) is 14.6 Å². The van der Waals surface area contributed by atoms with Gasteiger partial charge in [0.2, 0.25) is 11.0 Å². The van der Waals surface area contributed by atoms with Gasteiger partial charge >= 0.3 is 0 Å². The number of nitrogens with zero attached hydrogens (tertiary/aromatic N) is 3. The second kappa shape index (κ2) is 6.73. The number of anilines is 2. The van der Waals surface area contributed by atoms with Gasteiger partial charge in [0.05, 0.1) is 15.8 Å². The van der Waals surface area contributed by atoms with E-state index in [-0.39, 0.29) is 11.2 Å². The third kappa shape index (κ3) is 3.64. The van der Waals surface area contributed by atoms with Gasteiger partial charge in [0.15, 0.2) is 9.47 Å². The van der Waals surface area contributed by atoms with Crippen LogP contribution in [0.1, 0.15) is 6.92 Å². The Morgan fingerprint density at radius 2 is 2.27 bits per heavy atom. The molecule has 22 heavy (non-hydrogen) atoms. The Kier molecular flexibility index (Phi) is 4.71. The lowest BCUT2D eigenvalue weighted by Gasteiger charge is -2.07. The zero-order valence-corrected chi connectivity index (χ0v) is 14.6. The second-order valence-corrected chi connectivity index (χ2v) is 8.57. The number of thiazole rings is 1. The molecule has 3 aromatic rings. The summed E-state index contributed by atoms with van der Waals surface area (Å²) in [6.07, 6.45) is 0. The van der Waals surface area contributed by atoms with Crippen LogP contribution in [-0.2, 0) is 4.79 Å². The molecule has 1 atom stereocenters. The predicted molar refractivity (Wildman–Crippen MR) is 93.7 cm³/mol. The highest BCUT2D eigenvalue weighted by molar-refractivity contribution is 8.02. The van der Waals surface area contributed by atoms with Crippen LogP contribution in [0.15, 0.2) is 27.2 Å². The normalized spacial score (nSPS) is 12.2. The summed E-state index contributed by atoms with van der Waals surface area (Å²) in [5.74, 6) is -0.120. The van der Waals surface area contributed by atoms with Gasteiger partial charge in [0.25, 0.3) is 0 Å². The fourth-order valence-corrected chi connectivity index (χ4v) is 4.80. The molecule has 0 fully saturated rings. The van der Waals surface area contributed by atoms with Gasteiger partial charge in [-0.05, 0) is 18.4 Å². The molecule has 0 spiro atoms. The van der Waals surface area contributed by atoms with Gasteiger partial charge in [-0.15, -0.1) is 32.9 Å². The highest BCUT2D eigenvalue weighted by atomic mass is 32.2. The molecule has 1 amide bonds. The number of rotatable bonds is 5. The van der Waals surface area contributed by atoms with Crippen LogP contribution in [0.2, 0.25) is 0 Å². The van der Waals surface area contributed by atoms with Crippen LogP contribution in [0.4, 0.5) is 10.3 Å². The quantitative estimate of drug-likeness (QED) is 0.669. The summed E-state index contributed by atoms with van der Waals surface area (Å²) in [5, 5.41) is 15.1. The number of nitrogens with two attached hydrogens (primary N) is 1. The number of nitrogen functional groups attached to an aromatic ring is 1. The zero-order valence-electron chi connectivity index (χ0n) is 11.3. The average Bonchev–Trinajstić information content (AvgIpc) is 3.20. The Morgan fingerprint density at radius 3 is 2.95 bits per heavy atom. The van der Waals surface area contributed by atoms with E-state index in [2.05, 4.69) is 20.5 Å². The minimum atomic E-state index is -0.304. The maximum atomic E-state index is 12.2. The van der Waals surface area contributed by atoms with Crippen LogP contribution in [0.25, 0.3) is 10.6 Å². The molecular weight excluding hydrogens is 358 g/mol. The number of nitrogens with one attached hydrogen (secondary N) is 1. The number of hydrogen-bond acceptors (Lipinski definition) is 9. The van der Waals surface area contributed by atoms with Crippen molar-refractivity contribution in [3.8, 4) is 10.6 Å². The number of aromatic nitrogens is 3. The van der Waals surface area contributed by atoms with Crippen LogP contribution >= 0.6 is 45.8 Å². The van der Waals surface area contributed by atoms with Crippen LogP contribution in [0.3, 0.4) is 0 Å². The number of hydrogen-bond donors (Lipinski definition) is 2. The lowest BCUT2D eigenvalue weighted by Crippen LogP contribution is -2.22. The van der Waals surface area contributed by atoms with Crippen molar-refractivity contribution in [3.05, 3.63) is 22.9 Å². The van der Waals surface area contributed by atoms with Gasteiger partial charge in [-0.3, -0.25) is 4.79 Å². The second-order valence-electron chi connectivity index (χ2n) is 4.17. The predicted octanol–water partition coefficient (Wildman–Crippen LogP) is 3.42. The first-order chi connectivity index (χ1) is 10.6. The minimum Gasteiger partial charge on any atom is -0.374 e. The van der Waals surface area contributed by atoms with Gasteiger partial charge < -0.3 is 11.1 Å². The Bertz CT molecular complexity index is 766. The molecule has 0 aliphatic heterocycles. The number of carbonyl (C=O) groups excluding carboxylic acids is 1. The largest absolute Gasteiger partial charge is 0.374 e. The highest BCUT2D eigenvalue weighted by Gasteiger charge is 2.18. The summed E-state index contributed by atoms with van der Waals surface area (Å²) in [5.41, 5.74) is 6.41. The van der Waals surface area contributed by atoms with Crippen LogP contribution in [0.5, 0.6) is 0 Å². The molecule has 10 heteroatoms. The van der Waals surface area contributed by atoms with Gasteiger partial charge in [-0.2, -0.15) is 0 Å². The van der Waals surface area contributed by atoms with Crippen molar-refractivity contribution in [2.75, 3.05) is 11.1 Å². The maximum absolute atomic E-state index is 12.2. The van der Waals surface area contributed by atoms with Gasteiger partial charge in [-0.25, -0.2) is 4.98 Å². The van der Waals surface area contributed by atoms with Crippen molar-refractivity contribution < 1.29 is 4.79 Å². The molecule has 0 saturated carbocycles. The van der Waals surface area contributed by atoms with E-state index < -0.39 is 0 Å². The smallest absolute Gasteiger partial charge is 0.239 e. The van der Waals surface area contributed by atoms with Crippen LogP contribution in [0, 0.1) is 0 Å². The molecule has 0 saturated heterocycles. The Labute approximate surface area is 142 Å². The molecule has 3 aromatic heterocycles.